The van der Waals surface area contributed by atoms with Crippen molar-refractivity contribution in [1.29, 1.82) is 0 Å². The summed E-state index contributed by atoms with van der Waals surface area (Å²) in [5, 5.41) is 0. The van der Waals surface area contributed by atoms with Crippen LogP contribution in [0, 0.1) is 10.5 Å². The van der Waals surface area contributed by atoms with Crippen LogP contribution in [0.5, 0.6) is 11.5 Å². The van der Waals surface area contributed by atoms with Crippen LogP contribution in [0.3, 0.4) is 0 Å². The van der Waals surface area contributed by atoms with Gasteiger partial charge in [-0.1, -0.05) is 23.8 Å². The van der Waals surface area contributed by atoms with E-state index in [-0.39, 0.29) is 31.6 Å². The first-order chi connectivity index (χ1) is 16.4. The van der Waals surface area contributed by atoms with Crippen molar-refractivity contribution < 1.29 is 23.9 Å². The van der Waals surface area contributed by atoms with Crippen LogP contribution in [0.2, 0.25) is 0 Å². The number of amides is 3. The number of benzene rings is 3. The first-order valence-corrected chi connectivity index (χ1v) is 11.9. The van der Waals surface area contributed by atoms with Crippen LogP contribution < -0.4 is 14.4 Å². The quantitative estimate of drug-likeness (QED) is 0.339. The average molecular weight is 568 g/mol. The highest BCUT2D eigenvalue weighted by atomic mass is 127. The first-order valence-electron chi connectivity index (χ1n) is 10.8. The Morgan fingerprint density at radius 2 is 1.79 bits per heavy atom. The molecule has 34 heavy (non-hydrogen) atoms. The number of aryl methyl sites for hydroxylation is 1. The number of carbonyl (C=O) groups is 3. The number of rotatable bonds is 5. The minimum atomic E-state index is -0.912. The van der Waals surface area contributed by atoms with Gasteiger partial charge in [0.15, 0.2) is 11.5 Å². The molecular formula is C26H21IN2O5. The molecule has 0 N–H and O–H groups in total. The predicted octanol–water partition coefficient (Wildman–Crippen LogP) is 4.30. The van der Waals surface area contributed by atoms with Crippen molar-refractivity contribution in [1.82, 2.24) is 4.90 Å². The third kappa shape index (κ3) is 4.25. The Kier molecular flexibility index (Phi) is 5.99. The Morgan fingerprint density at radius 1 is 1.03 bits per heavy atom. The molecule has 1 unspecified atom stereocenters. The number of anilines is 1. The number of fused-ring (bicyclic) bond motifs is 1. The highest BCUT2D eigenvalue weighted by molar-refractivity contribution is 14.1. The minimum Gasteiger partial charge on any atom is -0.454 e. The SMILES string of the molecule is Cc1cccc(C(=O)N(Cc2ccc3c(c2)OCO3)C2CC(=O)N(c3ccc(I)cc3)C2=O)c1. The van der Waals surface area contributed by atoms with Crippen LogP contribution in [-0.2, 0) is 16.1 Å². The van der Waals surface area contributed by atoms with E-state index in [0.717, 1.165) is 14.7 Å². The first kappa shape index (κ1) is 22.4. The lowest BCUT2D eigenvalue weighted by Crippen LogP contribution is -2.45. The van der Waals surface area contributed by atoms with Crippen molar-refractivity contribution >= 4 is 46.0 Å². The normalized spacial score (nSPS) is 16.8. The van der Waals surface area contributed by atoms with Gasteiger partial charge in [0.1, 0.15) is 6.04 Å². The number of hydrogen-bond acceptors (Lipinski definition) is 5. The lowest BCUT2D eigenvalue weighted by Gasteiger charge is -2.28. The lowest BCUT2D eigenvalue weighted by molar-refractivity contribution is -0.122. The van der Waals surface area contributed by atoms with E-state index < -0.39 is 11.9 Å². The maximum Gasteiger partial charge on any atom is 0.257 e. The second kappa shape index (κ2) is 9.09. The van der Waals surface area contributed by atoms with E-state index in [1.807, 2.05) is 31.2 Å². The summed E-state index contributed by atoms with van der Waals surface area (Å²) in [6.07, 6.45) is -0.0765. The van der Waals surface area contributed by atoms with E-state index in [1.54, 1.807) is 42.5 Å². The fraction of sp³-hybridized carbons (Fsp3) is 0.192. The molecule has 0 aliphatic carbocycles. The lowest BCUT2D eigenvalue weighted by atomic mass is 10.1. The Labute approximate surface area is 210 Å². The summed E-state index contributed by atoms with van der Waals surface area (Å²) >= 11 is 2.17. The Hall–Kier alpha value is -3.40. The molecule has 0 aromatic heterocycles. The fourth-order valence-electron chi connectivity index (χ4n) is 4.22. The van der Waals surface area contributed by atoms with Gasteiger partial charge in [-0.25, -0.2) is 4.90 Å². The van der Waals surface area contributed by atoms with Gasteiger partial charge in [-0.05, 0) is 83.6 Å². The summed E-state index contributed by atoms with van der Waals surface area (Å²) in [4.78, 5) is 42.7. The van der Waals surface area contributed by atoms with Crippen molar-refractivity contribution in [2.75, 3.05) is 11.7 Å². The standard InChI is InChI=1S/C26H21IN2O5/c1-16-3-2-4-18(11-16)25(31)28(14-17-5-10-22-23(12-17)34-15-33-22)21-13-24(30)29(26(21)32)20-8-6-19(27)7-9-20/h2-12,21H,13-15H2,1H3. The zero-order valence-corrected chi connectivity index (χ0v) is 20.5. The molecule has 3 aromatic rings. The highest BCUT2D eigenvalue weighted by Gasteiger charge is 2.44. The molecule has 5 rings (SSSR count). The van der Waals surface area contributed by atoms with Gasteiger partial charge >= 0.3 is 0 Å². The summed E-state index contributed by atoms with van der Waals surface area (Å²) in [5.74, 6) is 0.181. The topological polar surface area (TPSA) is 76.2 Å². The van der Waals surface area contributed by atoms with Crippen LogP contribution in [0.25, 0.3) is 0 Å². The third-order valence-electron chi connectivity index (χ3n) is 5.90. The van der Waals surface area contributed by atoms with Crippen molar-refractivity contribution in [2.45, 2.75) is 25.9 Å². The van der Waals surface area contributed by atoms with E-state index in [0.29, 0.717) is 22.7 Å². The molecule has 3 aromatic carbocycles. The number of halogens is 1. The molecule has 7 nitrogen and oxygen atoms in total. The van der Waals surface area contributed by atoms with Crippen molar-refractivity contribution in [2.24, 2.45) is 0 Å². The molecule has 0 radical (unpaired) electrons. The van der Waals surface area contributed by atoms with Crippen molar-refractivity contribution in [3.8, 4) is 11.5 Å². The van der Waals surface area contributed by atoms with Crippen LogP contribution in [0.15, 0.2) is 66.7 Å². The van der Waals surface area contributed by atoms with E-state index in [1.165, 1.54) is 9.80 Å². The monoisotopic (exact) mass is 568 g/mol. The number of hydrogen-bond donors (Lipinski definition) is 0. The number of nitrogens with zero attached hydrogens (tertiary/aromatic N) is 2. The molecule has 0 spiro atoms. The molecule has 0 saturated carbocycles. The summed E-state index contributed by atoms with van der Waals surface area (Å²) in [6.45, 7) is 2.20. The largest absolute Gasteiger partial charge is 0.454 e. The summed E-state index contributed by atoms with van der Waals surface area (Å²) in [5.41, 5.74) is 2.68. The minimum absolute atomic E-state index is 0.0765. The van der Waals surface area contributed by atoms with Gasteiger partial charge in [0.25, 0.3) is 11.8 Å². The van der Waals surface area contributed by atoms with E-state index in [9.17, 15) is 14.4 Å². The number of ether oxygens (including phenoxy) is 2. The molecule has 8 heteroatoms. The molecule has 1 saturated heterocycles. The molecule has 2 aliphatic rings. The molecule has 172 valence electrons. The van der Waals surface area contributed by atoms with Crippen LogP contribution in [0.4, 0.5) is 5.69 Å². The second-order valence-corrected chi connectivity index (χ2v) is 9.50. The van der Waals surface area contributed by atoms with E-state index in [4.69, 9.17) is 9.47 Å². The van der Waals surface area contributed by atoms with Crippen molar-refractivity contribution in [3.05, 3.63) is 87.0 Å². The van der Waals surface area contributed by atoms with Gasteiger partial charge in [0.05, 0.1) is 12.1 Å². The summed E-state index contributed by atoms with van der Waals surface area (Å²) in [7, 11) is 0. The van der Waals surface area contributed by atoms with Gasteiger partial charge in [0.2, 0.25) is 12.7 Å². The number of carbonyl (C=O) groups excluding carboxylic acids is 3. The highest BCUT2D eigenvalue weighted by Crippen LogP contribution is 2.34. The molecular weight excluding hydrogens is 547 g/mol. The zero-order chi connectivity index (χ0) is 23.8. The molecule has 2 heterocycles. The summed E-state index contributed by atoms with van der Waals surface area (Å²) < 4.78 is 11.9. The molecule has 1 fully saturated rings. The Bertz CT molecular complexity index is 1290. The second-order valence-electron chi connectivity index (χ2n) is 8.25. The maximum absolute atomic E-state index is 13.6. The third-order valence-corrected chi connectivity index (χ3v) is 6.62. The predicted molar refractivity (Wildman–Crippen MR) is 134 cm³/mol. The maximum atomic E-state index is 13.6. The fourth-order valence-corrected chi connectivity index (χ4v) is 4.58. The van der Waals surface area contributed by atoms with Crippen LogP contribution in [0.1, 0.15) is 27.9 Å². The summed E-state index contributed by atoms with van der Waals surface area (Å²) in [6, 6.07) is 18.9. The van der Waals surface area contributed by atoms with E-state index in [2.05, 4.69) is 22.6 Å². The average Bonchev–Trinajstić information content (AvgIpc) is 3.41. The van der Waals surface area contributed by atoms with Crippen LogP contribution in [-0.4, -0.2) is 35.5 Å². The number of imide groups is 1. The van der Waals surface area contributed by atoms with Gasteiger partial charge < -0.3 is 14.4 Å². The van der Waals surface area contributed by atoms with Gasteiger partial charge in [-0.3, -0.25) is 14.4 Å². The van der Waals surface area contributed by atoms with Crippen molar-refractivity contribution in [3.63, 3.8) is 0 Å². The Balaban J connectivity index is 1.50. The van der Waals surface area contributed by atoms with Gasteiger partial charge in [0, 0.05) is 15.7 Å². The molecule has 2 aliphatic heterocycles. The molecule has 3 amide bonds. The van der Waals surface area contributed by atoms with Gasteiger partial charge in [-0.2, -0.15) is 0 Å². The van der Waals surface area contributed by atoms with Gasteiger partial charge in [-0.15, -0.1) is 0 Å². The van der Waals surface area contributed by atoms with Crippen LogP contribution >= 0.6 is 22.6 Å². The van der Waals surface area contributed by atoms with E-state index >= 15 is 0 Å². The zero-order valence-electron chi connectivity index (χ0n) is 18.4. The Morgan fingerprint density at radius 3 is 2.56 bits per heavy atom. The smallest absolute Gasteiger partial charge is 0.257 e. The molecule has 0 bridgehead atoms. The molecule has 1 atom stereocenters.